The standard InChI is InChI=1S/C45H91NO5/c1-3-5-7-9-11-12-13-14-15-16-17-18-19-20-21-22-23-24-25-26-27-28-29-30-31-32-33-35-37-39-43(49)45(51)46-41(40-47)44(50)42(48)38-36-34-10-8-6-4-2/h41-44,47-50H,3-40H2,1-2H3,(H,46,51). The van der Waals surface area contributed by atoms with E-state index in [2.05, 4.69) is 19.2 Å². The van der Waals surface area contributed by atoms with Crippen LogP contribution in [0.2, 0.25) is 0 Å². The highest BCUT2D eigenvalue weighted by atomic mass is 16.3. The number of rotatable bonds is 42. The normalized spacial score (nSPS) is 14.1. The third-order valence-electron chi connectivity index (χ3n) is 11.1. The van der Waals surface area contributed by atoms with E-state index in [-0.39, 0.29) is 0 Å². The van der Waals surface area contributed by atoms with Gasteiger partial charge in [-0.3, -0.25) is 4.79 Å². The molecular formula is C45H91NO5. The number of aliphatic hydroxyl groups excluding tert-OH is 4. The molecule has 0 aliphatic heterocycles. The molecule has 0 saturated heterocycles. The fourth-order valence-corrected chi connectivity index (χ4v) is 7.41. The van der Waals surface area contributed by atoms with Gasteiger partial charge in [-0.1, -0.05) is 239 Å². The van der Waals surface area contributed by atoms with E-state index in [0.717, 1.165) is 38.5 Å². The first-order valence-corrected chi connectivity index (χ1v) is 22.9. The Bertz CT molecular complexity index is 692. The molecule has 0 radical (unpaired) electrons. The molecule has 0 aromatic rings. The summed E-state index contributed by atoms with van der Waals surface area (Å²) in [4.78, 5) is 12.4. The Morgan fingerprint density at radius 3 is 0.941 bits per heavy atom. The number of hydrogen-bond donors (Lipinski definition) is 5. The summed E-state index contributed by atoms with van der Waals surface area (Å²) < 4.78 is 0. The molecule has 0 bridgehead atoms. The van der Waals surface area contributed by atoms with Gasteiger partial charge < -0.3 is 25.7 Å². The van der Waals surface area contributed by atoms with E-state index in [1.54, 1.807) is 0 Å². The Hall–Kier alpha value is -0.690. The lowest BCUT2D eigenvalue weighted by atomic mass is 9.99. The molecule has 0 saturated carbocycles. The molecule has 306 valence electrons. The molecule has 0 spiro atoms. The van der Waals surface area contributed by atoms with Gasteiger partial charge in [0.1, 0.15) is 12.2 Å². The van der Waals surface area contributed by atoms with Crippen molar-refractivity contribution in [1.29, 1.82) is 0 Å². The van der Waals surface area contributed by atoms with E-state index in [1.165, 1.54) is 186 Å². The third-order valence-corrected chi connectivity index (χ3v) is 11.1. The highest BCUT2D eigenvalue weighted by Gasteiger charge is 2.28. The lowest BCUT2D eigenvalue weighted by molar-refractivity contribution is -0.132. The number of aliphatic hydroxyl groups is 4. The van der Waals surface area contributed by atoms with E-state index in [0.29, 0.717) is 12.8 Å². The van der Waals surface area contributed by atoms with Crippen LogP contribution in [0.1, 0.15) is 251 Å². The van der Waals surface area contributed by atoms with Gasteiger partial charge in [-0.2, -0.15) is 0 Å². The van der Waals surface area contributed by atoms with Crippen LogP contribution in [-0.2, 0) is 4.79 Å². The summed E-state index contributed by atoms with van der Waals surface area (Å²) in [5, 5.41) is 43.2. The molecule has 1 amide bonds. The quantitative estimate of drug-likeness (QED) is 0.0402. The molecule has 51 heavy (non-hydrogen) atoms. The van der Waals surface area contributed by atoms with Crippen molar-refractivity contribution >= 4 is 5.91 Å². The van der Waals surface area contributed by atoms with Crippen LogP contribution in [-0.4, -0.2) is 57.3 Å². The van der Waals surface area contributed by atoms with Gasteiger partial charge >= 0.3 is 0 Å². The molecule has 0 aliphatic rings. The molecule has 0 aromatic carbocycles. The van der Waals surface area contributed by atoms with Gasteiger partial charge in [-0.05, 0) is 12.8 Å². The van der Waals surface area contributed by atoms with E-state index in [1.807, 2.05) is 0 Å². The van der Waals surface area contributed by atoms with E-state index < -0.39 is 36.9 Å². The van der Waals surface area contributed by atoms with E-state index >= 15 is 0 Å². The molecule has 0 rings (SSSR count). The fourth-order valence-electron chi connectivity index (χ4n) is 7.41. The average Bonchev–Trinajstić information content (AvgIpc) is 3.13. The minimum absolute atomic E-state index is 0.375. The Kier molecular flexibility index (Phi) is 39.9. The van der Waals surface area contributed by atoms with Gasteiger partial charge in [-0.15, -0.1) is 0 Å². The summed E-state index contributed by atoms with van der Waals surface area (Å²) >= 11 is 0. The lowest BCUT2D eigenvalue weighted by Crippen LogP contribution is -2.53. The van der Waals surface area contributed by atoms with Crippen molar-refractivity contribution in [2.24, 2.45) is 0 Å². The van der Waals surface area contributed by atoms with Crippen LogP contribution in [0, 0.1) is 0 Å². The van der Waals surface area contributed by atoms with Crippen molar-refractivity contribution < 1.29 is 25.2 Å². The third kappa shape index (κ3) is 34.8. The number of amides is 1. The Balaban J connectivity index is 3.47. The van der Waals surface area contributed by atoms with Gasteiger partial charge in [0.05, 0.1) is 18.8 Å². The minimum Gasteiger partial charge on any atom is -0.394 e. The number of nitrogens with one attached hydrogen (secondary N) is 1. The molecule has 5 N–H and O–H groups in total. The predicted molar refractivity (Wildman–Crippen MR) is 219 cm³/mol. The van der Waals surface area contributed by atoms with Crippen molar-refractivity contribution in [3.05, 3.63) is 0 Å². The first kappa shape index (κ1) is 50.3. The second-order valence-electron chi connectivity index (χ2n) is 16.1. The summed E-state index contributed by atoms with van der Waals surface area (Å²) in [5.41, 5.74) is 0. The smallest absolute Gasteiger partial charge is 0.249 e. The van der Waals surface area contributed by atoms with Gasteiger partial charge in [0.15, 0.2) is 0 Å². The number of unbranched alkanes of at least 4 members (excludes halogenated alkanes) is 33. The maximum Gasteiger partial charge on any atom is 0.249 e. The molecule has 0 heterocycles. The van der Waals surface area contributed by atoms with E-state index in [9.17, 15) is 25.2 Å². The first-order valence-electron chi connectivity index (χ1n) is 22.9. The summed E-state index contributed by atoms with van der Waals surface area (Å²) in [5.74, 6) is -0.583. The highest BCUT2D eigenvalue weighted by Crippen LogP contribution is 2.17. The minimum atomic E-state index is -1.25. The number of carbonyl (C=O) groups is 1. The molecule has 0 aromatic heterocycles. The van der Waals surface area contributed by atoms with E-state index in [4.69, 9.17) is 0 Å². The van der Waals surface area contributed by atoms with Gasteiger partial charge in [0, 0.05) is 0 Å². The zero-order chi connectivity index (χ0) is 37.5. The zero-order valence-electron chi connectivity index (χ0n) is 34.4. The molecule has 0 aliphatic carbocycles. The number of hydrogen-bond acceptors (Lipinski definition) is 5. The summed E-state index contributed by atoms with van der Waals surface area (Å²) in [7, 11) is 0. The Labute approximate surface area is 318 Å². The SMILES string of the molecule is CCCCCCCCCCCCCCCCCCCCCCCCCCCCCCCC(O)C(=O)NC(CO)C(O)C(O)CCCCCCCC. The zero-order valence-corrected chi connectivity index (χ0v) is 34.4. The van der Waals surface area contributed by atoms with Gasteiger partial charge in [0.25, 0.3) is 0 Å². The molecule has 6 nitrogen and oxygen atoms in total. The fraction of sp³-hybridized carbons (Fsp3) is 0.978. The van der Waals surface area contributed by atoms with Crippen molar-refractivity contribution in [2.45, 2.75) is 276 Å². The molecule has 4 unspecified atom stereocenters. The maximum atomic E-state index is 12.4. The molecule has 0 fully saturated rings. The van der Waals surface area contributed by atoms with Crippen LogP contribution >= 0.6 is 0 Å². The largest absolute Gasteiger partial charge is 0.394 e. The topological polar surface area (TPSA) is 110 Å². The number of carbonyl (C=O) groups excluding carboxylic acids is 1. The van der Waals surface area contributed by atoms with Crippen molar-refractivity contribution in [3.8, 4) is 0 Å². The van der Waals surface area contributed by atoms with Crippen LogP contribution in [0.5, 0.6) is 0 Å². The highest BCUT2D eigenvalue weighted by molar-refractivity contribution is 5.80. The maximum absolute atomic E-state index is 12.4. The lowest BCUT2D eigenvalue weighted by Gasteiger charge is -2.27. The summed E-state index contributed by atoms with van der Waals surface area (Å²) in [6.45, 7) is 3.99. The van der Waals surface area contributed by atoms with Crippen LogP contribution < -0.4 is 5.32 Å². The Morgan fingerprint density at radius 2 is 0.667 bits per heavy atom. The van der Waals surface area contributed by atoms with Crippen molar-refractivity contribution in [1.82, 2.24) is 5.32 Å². The second kappa shape index (κ2) is 40.5. The van der Waals surface area contributed by atoms with Gasteiger partial charge in [0.2, 0.25) is 5.91 Å². The van der Waals surface area contributed by atoms with Crippen molar-refractivity contribution in [3.63, 3.8) is 0 Å². The van der Waals surface area contributed by atoms with Crippen LogP contribution in [0.15, 0.2) is 0 Å². The average molecular weight is 726 g/mol. The van der Waals surface area contributed by atoms with Crippen LogP contribution in [0.25, 0.3) is 0 Å². The van der Waals surface area contributed by atoms with Crippen LogP contribution in [0.4, 0.5) is 0 Å². The second-order valence-corrected chi connectivity index (χ2v) is 16.1. The molecular weight excluding hydrogens is 634 g/mol. The Morgan fingerprint density at radius 1 is 0.412 bits per heavy atom. The summed E-state index contributed by atoms with van der Waals surface area (Å²) in [6.07, 6.45) is 43.4. The molecule has 4 atom stereocenters. The first-order chi connectivity index (χ1) is 25.0. The summed E-state index contributed by atoms with van der Waals surface area (Å²) in [6, 6.07) is -0.976. The van der Waals surface area contributed by atoms with Crippen molar-refractivity contribution in [2.75, 3.05) is 6.61 Å². The molecule has 6 heteroatoms. The van der Waals surface area contributed by atoms with Gasteiger partial charge in [-0.25, -0.2) is 0 Å². The van der Waals surface area contributed by atoms with Crippen LogP contribution in [0.3, 0.4) is 0 Å². The monoisotopic (exact) mass is 726 g/mol. The predicted octanol–water partition coefficient (Wildman–Crippen LogP) is 12.0.